The van der Waals surface area contributed by atoms with Gasteiger partial charge in [-0.15, -0.1) is 0 Å². The molecule has 5 aromatic rings. The Labute approximate surface area is 329 Å². The van der Waals surface area contributed by atoms with Crippen molar-refractivity contribution in [2.45, 2.75) is 71.6 Å². The fourth-order valence-electron chi connectivity index (χ4n) is 8.09. The molecule has 2 atom stereocenters. The number of hydrogen-bond acceptors (Lipinski definition) is 8. The van der Waals surface area contributed by atoms with Crippen LogP contribution in [-0.2, 0) is 33.9 Å². The van der Waals surface area contributed by atoms with Crippen LogP contribution in [0.5, 0.6) is 0 Å². The fraction of sp³-hybridized carbons (Fsp3) is 0.318. The van der Waals surface area contributed by atoms with Gasteiger partial charge < -0.3 is 19.7 Å². The predicted molar refractivity (Wildman–Crippen MR) is 212 cm³/mol. The Morgan fingerprint density at radius 3 is 2.56 bits per heavy atom. The summed E-state index contributed by atoms with van der Waals surface area (Å²) in [6, 6.07) is 15.9. The van der Waals surface area contributed by atoms with E-state index in [0.717, 1.165) is 50.4 Å². The zero-order chi connectivity index (χ0) is 40.0. The number of rotatable bonds is 8. The first-order valence-corrected chi connectivity index (χ1v) is 19.3. The monoisotopic (exact) mass is 762 g/mol. The van der Waals surface area contributed by atoms with Crippen LogP contribution >= 0.6 is 0 Å². The molecule has 0 saturated carbocycles. The molecule has 0 spiro atoms. The lowest BCUT2D eigenvalue weighted by molar-refractivity contribution is -0.138. The smallest absolute Gasteiger partial charge is 0.269 e. The highest BCUT2D eigenvalue weighted by atomic mass is 16.2. The molecule has 288 valence electrons. The molecule has 1 saturated heterocycles. The van der Waals surface area contributed by atoms with E-state index >= 15 is 0 Å². The van der Waals surface area contributed by atoms with Crippen molar-refractivity contribution < 1.29 is 24.0 Å². The van der Waals surface area contributed by atoms with Crippen LogP contribution < -0.4 is 10.6 Å². The molecule has 0 bridgehead atoms. The summed E-state index contributed by atoms with van der Waals surface area (Å²) >= 11 is 0. The minimum Gasteiger partial charge on any atom is -0.350 e. The normalized spacial score (nSPS) is 17.7. The number of imide groups is 1. The van der Waals surface area contributed by atoms with E-state index in [1.807, 2.05) is 43.6 Å². The maximum Gasteiger partial charge on any atom is 0.269 e. The van der Waals surface area contributed by atoms with Crippen LogP contribution in [0.15, 0.2) is 67.0 Å². The number of pyridine rings is 2. The third kappa shape index (κ3) is 6.81. The lowest BCUT2D eigenvalue weighted by Gasteiger charge is -2.35. The fourth-order valence-corrected chi connectivity index (χ4v) is 8.09. The van der Waals surface area contributed by atoms with Crippen molar-refractivity contribution >= 4 is 40.3 Å². The summed E-state index contributed by atoms with van der Waals surface area (Å²) in [6.07, 6.45) is 5.06. The van der Waals surface area contributed by atoms with E-state index in [4.69, 9.17) is 9.97 Å². The zero-order valence-corrected chi connectivity index (χ0v) is 32.3. The van der Waals surface area contributed by atoms with Gasteiger partial charge >= 0.3 is 0 Å². The highest BCUT2D eigenvalue weighted by Crippen LogP contribution is 2.38. The Kier molecular flexibility index (Phi) is 9.87. The summed E-state index contributed by atoms with van der Waals surface area (Å²) < 4.78 is 2.15. The molecule has 3 aliphatic rings. The highest BCUT2D eigenvalue weighted by molar-refractivity contribution is 6.05. The zero-order valence-electron chi connectivity index (χ0n) is 32.3. The van der Waals surface area contributed by atoms with Gasteiger partial charge in [-0.25, -0.2) is 4.98 Å². The average Bonchev–Trinajstić information content (AvgIpc) is 3.74. The van der Waals surface area contributed by atoms with Gasteiger partial charge in [0.15, 0.2) is 0 Å². The lowest BCUT2D eigenvalue weighted by Crippen LogP contribution is -2.52. The van der Waals surface area contributed by atoms with Crippen LogP contribution in [-0.4, -0.2) is 78.5 Å². The summed E-state index contributed by atoms with van der Waals surface area (Å²) in [4.78, 5) is 80.9. The Morgan fingerprint density at radius 2 is 1.81 bits per heavy atom. The van der Waals surface area contributed by atoms with Crippen molar-refractivity contribution in [3.63, 3.8) is 0 Å². The second-order valence-electron chi connectivity index (χ2n) is 15.0. The van der Waals surface area contributed by atoms with E-state index in [-0.39, 0.29) is 54.2 Å². The Hall–Kier alpha value is -6.68. The van der Waals surface area contributed by atoms with Crippen molar-refractivity contribution in [3.8, 4) is 34.4 Å². The number of aromatic nitrogens is 4. The van der Waals surface area contributed by atoms with Gasteiger partial charge in [0.2, 0.25) is 17.7 Å². The molecule has 6 heterocycles. The van der Waals surface area contributed by atoms with Crippen molar-refractivity contribution in [2.75, 3.05) is 13.6 Å². The number of aryl methyl sites for hydroxylation is 1. The van der Waals surface area contributed by atoms with Crippen LogP contribution in [0.2, 0.25) is 0 Å². The van der Waals surface area contributed by atoms with Crippen molar-refractivity contribution in [2.24, 2.45) is 5.92 Å². The number of amides is 5. The van der Waals surface area contributed by atoms with Crippen LogP contribution in [0.1, 0.15) is 89.6 Å². The third-order valence-corrected chi connectivity index (χ3v) is 11.0. The molecule has 3 aliphatic heterocycles. The molecule has 0 aliphatic carbocycles. The van der Waals surface area contributed by atoms with Crippen LogP contribution in [0.4, 0.5) is 0 Å². The Bertz CT molecular complexity index is 2550. The number of carbonyl (C=O) groups excluding carboxylic acids is 5. The maximum atomic E-state index is 13.2. The first kappa shape index (κ1) is 37.3. The summed E-state index contributed by atoms with van der Waals surface area (Å²) in [5.41, 5.74) is 6.57. The predicted octanol–water partition coefficient (Wildman–Crippen LogP) is 4.82. The van der Waals surface area contributed by atoms with Crippen molar-refractivity contribution in [3.05, 3.63) is 101 Å². The molecule has 3 aromatic heterocycles. The van der Waals surface area contributed by atoms with Gasteiger partial charge in [0, 0.05) is 79.4 Å². The van der Waals surface area contributed by atoms with E-state index in [1.54, 1.807) is 29.3 Å². The molecule has 8 rings (SSSR count). The number of piperidine rings is 1. The SMILES string of the molecule is CCc1nc(-c2cccc3cc(-c4ccc(C(=O)NCCC#Cc5cccc6c5CN(C5CCC(=O)NC5=O)C6=O)nc4)ncc23)c2n1C(C(C)C)C(=O)N(C)C2. The van der Waals surface area contributed by atoms with E-state index in [2.05, 4.69) is 58.9 Å². The molecule has 2 N–H and O–H groups in total. The van der Waals surface area contributed by atoms with Gasteiger partial charge in [-0.05, 0) is 53.6 Å². The summed E-state index contributed by atoms with van der Waals surface area (Å²) in [5.74, 6) is 5.98. The number of imidazole rings is 1. The van der Waals surface area contributed by atoms with Gasteiger partial charge in [-0.3, -0.25) is 39.3 Å². The Morgan fingerprint density at radius 1 is 1.00 bits per heavy atom. The molecule has 1 fully saturated rings. The number of fused-ring (bicyclic) bond motifs is 3. The lowest BCUT2D eigenvalue weighted by atomic mass is 9.97. The van der Waals surface area contributed by atoms with E-state index in [0.29, 0.717) is 43.5 Å². The number of nitrogens with one attached hydrogen (secondary N) is 2. The number of likely N-dealkylation sites (N-methyl/N-ethyl adjacent to an activating group) is 1. The van der Waals surface area contributed by atoms with Gasteiger partial charge in [0.25, 0.3) is 11.8 Å². The molecule has 5 amide bonds. The van der Waals surface area contributed by atoms with Gasteiger partial charge in [-0.1, -0.05) is 56.9 Å². The Balaban J connectivity index is 0.924. The summed E-state index contributed by atoms with van der Waals surface area (Å²) in [5, 5.41) is 7.13. The summed E-state index contributed by atoms with van der Waals surface area (Å²) in [7, 11) is 1.85. The van der Waals surface area contributed by atoms with Crippen LogP contribution in [0.3, 0.4) is 0 Å². The number of benzene rings is 2. The quantitative estimate of drug-likeness (QED) is 0.129. The van der Waals surface area contributed by atoms with Gasteiger partial charge in [0.05, 0.1) is 23.6 Å². The molecule has 13 nitrogen and oxygen atoms in total. The molecule has 2 aromatic carbocycles. The van der Waals surface area contributed by atoms with Crippen molar-refractivity contribution in [1.82, 2.24) is 40.0 Å². The molecule has 13 heteroatoms. The maximum absolute atomic E-state index is 13.2. The molecular weight excluding hydrogens is 721 g/mol. The largest absolute Gasteiger partial charge is 0.350 e. The third-order valence-electron chi connectivity index (χ3n) is 11.0. The van der Waals surface area contributed by atoms with E-state index in [1.165, 1.54) is 4.90 Å². The summed E-state index contributed by atoms with van der Waals surface area (Å²) in [6.45, 7) is 7.24. The number of hydrogen-bond donors (Lipinski definition) is 2. The van der Waals surface area contributed by atoms with Crippen LogP contribution in [0, 0.1) is 17.8 Å². The first-order chi connectivity index (χ1) is 27.5. The van der Waals surface area contributed by atoms with E-state index < -0.39 is 11.9 Å². The molecule has 2 unspecified atom stereocenters. The second kappa shape index (κ2) is 15.1. The molecule has 57 heavy (non-hydrogen) atoms. The number of carbonyl (C=O) groups is 5. The highest BCUT2D eigenvalue weighted by Gasteiger charge is 2.40. The van der Waals surface area contributed by atoms with Gasteiger partial charge in [0.1, 0.15) is 23.6 Å². The van der Waals surface area contributed by atoms with Crippen LogP contribution in [0.25, 0.3) is 33.3 Å². The average molecular weight is 763 g/mol. The number of nitrogens with zero attached hydrogens (tertiary/aromatic N) is 6. The van der Waals surface area contributed by atoms with E-state index in [9.17, 15) is 24.0 Å². The minimum absolute atomic E-state index is 0.109. The topological polar surface area (TPSA) is 159 Å². The molecular formula is C44H42N8O5. The molecule has 0 radical (unpaired) electrons. The second-order valence-corrected chi connectivity index (χ2v) is 15.0. The first-order valence-electron chi connectivity index (χ1n) is 19.3. The van der Waals surface area contributed by atoms with Gasteiger partial charge in [-0.2, -0.15) is 0 Å². The standard InChI is InChI=1S/C44H42N8O5/c1-5-37-48-39(36-24-50(4)44(57)40(25(2)3)52(36)37)29-13-9-12-27-20-34(47-22-31(27)29)28-15-16-33(46-21-28)41(54)45-19-7-6-10-26-11-8-14-30-32(26)23-51(43(30)56)35-17-18-38(53)49-42(35)55/h8-9,11-16,20-22,25,35,40H,5,7,17-19,23-24H2,1-4H3,(H,45,54)(H,49,53,55). The van der Waals surface area contributed by atoms with Crippen molar-refractivity contribution in [1.29, 1.82) is 0 Å². The minimum atomic E-state index is -0.692.